The quantitative estimate of drug-likeness (QED) is 0.544. The lowest BCUT2D eigenvalue weighted by Gasteiger charge is -2.10. The van der Waals surface area contributed by atoms with E-state index in [1.54, 1.807) is 42.5 Å². The molecule has 0 saturated carbocycles. The van der Waals surface area contributed by atoms with E-state index < -0.39 is 11.9 Å². The maximum absolute atomic E-state index is 11.6. The minimum atomic E-state index is -1.31. The van der Waals surface area contributed by atoms with E-state index in [-0.39, 0.29) is 11.1 Å². The number of carbonyl (C=O) groups is 2. The predicted molar refractivity (Wildman–Crippen MR) is 98.3 cm³/mol. The minimum absolute atomic E-state index is 0.000714. The van der Waals surface area contributed by atoms with Crippen molar-refractivity contribution < 1.29 is 24.2 Å². The van der Waals surface area contributed by atoms with Crippen molar-refractivity contribution in [3.05, 3.63) is 77.4 Å². The molecule has 0 fully saturated rings. The second kappa shape index (κ2) is 6.66. The van der Waals surface area contributed by atoms with Crippen LogP contribution in [-0.4, -0.2) is 16.9 Å². The summed E-state index contributed by atoms with van der Waals surface area (Å²) in [6.45, 7) is 1.86. The van der Waals surface area contributed by atoms with Crippen LogP contribution >= 0.6 is 0 Å². The van der Waals surface area contributed by atoms with Gasteiger partial charge in [-0.3, -0.25) is 0 Å². The Balaban J connectivity index is 1.86. The van der Waals surface area contributed by atoms with Gasteiger partial charge in [-0.2, -0.15) is 0 Å². The predicted octanol–water partition coefficient (Wildman–Crippen LogP) is 2.20. The number of carbonyl (C=O) groups excluding carboxylic acids is 2. The van der Waals surface area contributed by atoms with Crippen LogP contribution in [0.2, 0.25) is 0 Å². The lowest BCUT2D eigenvalue weighted by atomic mass is 10.0. The number of nitrogens with zero attached hydrogens (tertiary/aromatic N) is 1. The van der Waals surface area contributed by atoms with E-state index >= 15 is 0 Å². The molecule has 0 radical (unpaired) electrons. The molecule has 0 saturated heterocycles. The maximum atomic E-state index is 11.6. The molecular formula is C22H13NO5-2. The van der Waals surface area contributed by atoms with Gasteiger partial charge in [0.25, 0.3) is 0 Å². The number of aryl methyl sites for hydroxylation is 1. The highest BCUT2D eigenvalue weighted by Crippen LogP contribution is 2.31. The summed E-state index contributed by atoms with van der Waals surface area (Å²) in [6, 6.07) is 16.2. The van der Waals surface area contributed by atoms with Crippen LogP contribution in [0.3, 0.4) is 0 Å². The van der Waals surface area contributed by atoms with E-state index in [4.69, 9.17) is 4.42 Å². The first-order valence-electron chi connectivity index (χ1n) is 8.48. The molecule has 0 amide bonds. The SMILES string of the molecule is Cc1ccc2nc(-c3ccc(-c4ccccc4C(=O)[O-])o3)cc(C(=O)[O-])c2c1. The lowest BCUT2D eigenvalue weighted by Crippen LogP contribution is -2.22. The summed E-state index contributed by atoms with van der Waals surface area (Å²) >= 11 is 0. The number of benzene rings is 2. The third kappa shape index (κ3) is 3.01. The average molecular weight is 371 g/mol. The molecule has 6 heteroatoms. The van der Waals surface area contributed by atoms with Gasteiger partial charge in [-0.15, -0.1) is 0 Å². The van der Waals surface area contributed by atoms with Crippen molar-refractivity contribution in [2.45, 2.75) is 6.92 Å². The average Bonchev–Trinajstić information content (AvgIpc) is 3.17. The molecule has 0 aliphatic rings. The van der Waals surface area contributed by atoms with Crippen molar-refractivity contribution >= 4 is 22.8 Å². The number of furan rings is 1. The zero-order valence-electron chi connectivity index (χ0n) is 14.8. The Morgan fingerprint density at radius 2 is 1.57 bits per heavy atom. The molecule has 2 aromatic carbocycles. The molecule has 28 heavy (non-hydrogen) atoms. The number of hydrogen-bond donors (Lipinski definition) is 0. The normalized spacial score (nSPS) is 10.9. The third-order valence-electron chi connectivity index (χ3n) is 4.45. The number of rotatable bonds is 4. The molecule has 6 nitrogen and oxygen atoms in total. The fourth-order valence-corrected chi connectivity index (χ4v) is 3.13. The fraction of sp³-hybridized carbons (Fsp3) is 0.0455. The lowest BCUT2D eigenvalue weighted by molar-refractivity contribution is -0.256. The summed E-state index contributed by atoms with van der Waals surface area (Å²) < 4.78 is 5.79. The van der Waals surface area contributed by atoms with Gasteiger partial charge in [0.15, 0.2) is 5.76 Å². The molecular weight excluding hydrogens is 358 g/mol. The summed E-state index contributed by atoms with van der Waals surface area (Å²) in [5.41, 5.74) is 2.09. The van der Waals surface area contributed by atoms with E-state index in [1.807, 2.05) is 13.0 Å². The van der Waals surface area contributed by atoms with Crippen molar-refractivity contribution in [3.8, 4) is 22.8 Å². The van der Waals surface area contributed by atoms with Gasteiger partial charge in [-0.25, -0.2) is 4.98 Å². The van der Waals surface area contributed by atoms with Gasteiger partial charge in [0.05, 0.1) is 17.5 Å². The Morgan fingerprint density at radius 3 is 2.32 bits per heavy atom. The zero-order chi connectivity index (χ0) is 19.8. The van der Waals surface area contributed by atoms with Gasteiger partial charge in [0.1, 0.15) is 11.5 Å². The van der Waals surface area contributed by atoms with Crippen LogP contribution in [0, 0.1) is 6.92 Å². The second-order valence-electron chi connectivity index (χ2n) is 6.36. The molecule has 0 aliphatic heterocycles. The van der Waals surface area contributed by atoms with E-state index in [0.29, 0.717) is 33.7 Å². The molecule has 0 atom stereocenters. The number of aromatic carboxylic acids is 2. The number of pyridine rings is 1. The van der Waals surface area contributed by atoms with Crippen LogP contribution in [0.15, 0.2) is 65.1 Å². The molecule has 0 unspecified atom stereocenters. The number of hydrogen-bond acceptors (Lipinski definition) is 6. The van der Waals surface area contributed by atoms with Crippen molar-refractivity contribution in [2.24, 2.45) is 0 Å². The third-order valence-corrected chi connectivity index (χ3v) is 4.45. The number of carboxylic acid groups (broad SMARTS) is 2. The summed E-state index contributed by atoms with van der Waals surface area (Å²) in [5, 5.41) is 23.4. The second-order valence-corrected chi connectivity index (χ2v) is 6.36. The Kier molecular flexibility index (Phi) is 4.16. The van der Waals surface area contributed by atoms with Crippen molar-refractivity contribution in [1.29, 1.82) is 0 Å². The number of aromatic nitrogens is 1. The van der Waals surface area contributed by atoms with E-state index in [9.17, 15) is 19.8 Å². The Labute approximate surface area is 159 Å². The van der Waals surface area contributed by atoms with Crippen LogP contribution in [0.5, 0.6) is 0 Å². The standard InChI is InChI=1S/C22H15NO5/c1-12-6-7-17-15(10-12)16(22(26)27)11-18(23-17)20-9-8-19(28-20)13-4-2-3-5-14(13)21(24)25/h2-11H,1H3,(H,24,25)(H,26,27)/p-2. The van der Waals surface area contributed by atoms with Crippen LogP contribution < -0.4 is 10.2 Å². The number of carboxylic acids is 2. The highest BCUT2D eigenvalue weighted by atomic mass is 16.4. The van der Waals surface area contributed by atoms with Gasteiger partial charge < -0.3 is 24.2 Å². The van der Waals surface area contributed by atoms with E-state index in [1.165, 1.54) is 12.1 Å². The Bertz CT molecular complexity index is 1240. The van der Waals surface area contributed by atoms with Gasteiger partial charge in [0.2, 0.25) is 0 Å². The van der Waals surface area contributed by atoms with Crippen LogP contribution in [0.1, 0.15) is 26.3 Å². The first kappa shape index (κ1) is 17.5. The van der Waals surface area contributed by atoms with Crippen LogP contribution in [-0.2, 0) is 0 Å². The molecule has 2 aromatic heterocycles. The zero-order valence-corrected chi connectivity index (χ0v) is 14.8. The van der Waals surface area contributed by atoms with Gasteiger partial charge in [-0.05, 0) is 37.3 Å². The first-order valence-corrected chi connectivity index (χ1v) is 8.48. The largest absolute Gasteiger partial charge is 0.545 e. The summed E-state index contributed by atoms with van der Waals surface area (Å²) in [7, 11) is 0. The molecule has 138 valence electrons. The van der Waals surface area contributed by atoms with Crippen molar-refractivity contribution in [2.75, 3.05) is 0 Å². The fourth-order valence-electron chi connectivity index (χ4n) is 3.13. The minimum Gasteiger partial charge on any atom is -0.545 e. The molecule has 2 heterocycles. The van der Waals surface area contributed by atoms with E-state index in [0.717, 1.165) is 5.56 Å². The van der Waals surface area contributed by atoms with Crippen LogP contribution in [0.4, 0.5) is 0 Å². The highest BCUT2D eigenvalue weighted by molar-refractivity contribution is 6.03. The Hall–Kier alpha value is -3.93. The van der Waals surface area contributed by atoms with Gasteiger partial charge in [0, 0.05) is 22.1 Å². The molecule has 0 spiro atoms. The van der Waals surface area contributed by atoms with E-state index in [2.05, 4.69) is 4.98 Å². The molecule has 0 bridgehead atoms. The van der Waals surface area contributed by atoms with Gasteiger partial charge >= 0.3 is 0 Å². The summed E-state index contributed by atoms with van der Waals surface area (Å²) in [6.07, 6.45) is 0. The Morgan fingerprint density at radius 1 is 0.857 bits per heavy atom. The van der Waals surface area contributed by atoms with Crippen LogP contribution in [0.25, 0.3) is 33.7 Å². The monoisotopic (exact) mass is 371 g/mol. The summed E-state index contributed by atoms with van der Waals surface area (Å²) in [5.74, 6) is -2.00. The number of fused-ring (bicyclic) bond motifs is 1. The maximum Gasteiger partial charge on any atom is 0.153 e. The topological polar surface area (TPSA) is 106 Å². The highest BCUT2D eigenvalue weighted by Gasteiger charge is 2.14. The molecule has 0 aliphatic carbocycles. The first-order chi connectivity index (χ1) is 13.4. The smallest absolute Gasteiger partial charge is 0.153 e. The van der Waals surface area contributed by atoms with Crippen molar-refractivity contribution in [1.82, 2.24) is 4.98 Å². The molecule has 4 rings (SSSR count). The molecule has 0 N–H and O–H groups in total. The summed E-state index contributed by atoms with van der Waals surface area (Å²) in [4.78, 5) is 27.4. The molecule has 4 aromatic rings. The van der Waals surface area contributed by atoms with Crippen molar-refractivity contribution in [3.63, 3.8) is 0 Å². The van der Waals surface area contributed by atoms with Gasteiger partial charge in [-0.1, -0.05) is 35.9 Å².